The summed E-state index contributed by atoms with van der Waals surface area (Å²) in [4.78, 5) is 18.6. The van der Waals surface area contributed by atoms with E-state index in [1.54, 1.807) is 35.4 Å². The predicted octanol–water partition coefficient (Wildman–Crippen LogP) is 5.16. The van der Waals surface area contributed by atoms with Crippen LogP contribution in [-0.2, 0) is 6.54 Å². The number of aromatic nitrogens is 1. The summed E-state index contributed by atoms with van der Waals surface area (Å²) in [6.45, 7) is 5.07. The van der Waals surface area contributed by atoms with Crippen molar-refractivity contribution >= 4 is 11.7 Å². The molecular formula is C23H22FN3O2. The fourth-order valence-corrected chi connectivity index (χ4v) is 3.44. The van der Waals surface area contributed by atoms with E-state index in [1.807, 2.05) is 38.1 Å². The molecule has 0 unspecified atom stereocenters. The van der Waals surface area contributed by atoms with Gasteiger partial charge in [-0.05, 0) is 49.7 Å². The van der Waals surface area contributed by atoms with Gasteiger partial charge in [0.15, 0.2) is 11.6 Å². The van der Waals surface area contributed by atoms with Crippen molar-refractivity contribution in [2.45, 2.75) is 26.4 Å². The topological polar surface area (TPSA) is 54.5 Å². The second-order valence-corrected chi connectivity index (χ2v) is 6.98. The van der Waals surface area contributed by atoms with Crippen molar-refractivity contribution in [3.05, 3.63) is 83.3 Å². The third-order valence-corrected chi connectivity index (χ3v) is 5.08. The third kappa shape index (κ3) is 3.78. The van der Waals surface area contributed by atoms with E-state index in [4.69, 9.17) is 4.74 Å². The summed E-state index contributed by atoms with van der Waals surface area (Å²) in [6, 6.07) is 15.6. The maximum Gasteiger partial charge on any atom is 0.254 e. The molecule has 2 heterocycles. The predicted molar refractivity (Wildman–Crippen MR) is 110 cm³/mol. The monoisotopic (exact) mass is 391 g/mol. The van der Waals surface area contributed by atoms with Gasteiger partial charge in [-0.15, -0.1) is 0 Å². The van der Waals surface area contributed by atoms with E-state index in [0.717, 1.165) is 11.1 Å². The smallest absolute Gasteiger partial charge is 0.254 e. The fraction of sp³-hybridized carbons (Fsp3) is 0.217. The molecule has 0 spiro atoms. The van der Waals surface area contributed by atoms with E-state index in [1.165, 1.54) is 6.07 Å². The van der Waals surface area contributed by atoms with E-state index in [0.29, 0.717) is 30.2 Å². The quantitative estimate of drug-likeness (QED) is 0.630. The molecule has 2 aromatic carbocycles. The highest BCUT2D eigenvalue weighted by Gasteiger charge is 2.29. The molecule has 148 valence electrons. The molecule has 6 heteroatoms. The first-order valence-electron chi connectivity index (χ1n) is 9.63. The zero-order chi connectivity index (χ0) is 20.4. The van der Waals surface area contributed by atoms with Gasteiger partial charge in [-0.2, -0.15) is 0 Å². The van der Waals surface area contributed by atoms with E-state index >= 15 is 0 Å². The SMILES string of the molecule is CCN1Cc2c(ccnc2N[C@H](C)c2ccc(Oc3ccccc3)c(F)c2)C1=O. The molecule has 1 atom stereocenters. The Bertz CT molecular complexity index is 1040. The molecule has 0 bridgehead atoms. The Hall–Kier alpha value is -3.41. The Morgan fingerprint density at radius 1 is 1.21 bits per heavy atom. The highest BCUT2D eigenvalue weighted by Crippen LogP contribution is 2.31. The van der Waals surface area contributed by atoms with Gasteiger partial charge in [-0.25, -0.2) is 9.37 Å². The number of carbonyl (C=O) groups is 1. The summed E-state index contributed by atoms with van der Waals surface area (Å²) >= 11 is 0. The van der Waals surface area contributed by atoms with Crippen LogP contribution in [0.2, 0.25) is 0 Å². The minimum Gasteiger partial charge on any atom is -0.454 e. The number of para-hydroxylation sites is 1. The molecule has 0 saturated heterocycles. The number of pyridine rings is 1. The second-order valence-electron chi connectivity index (χ2n) is 6.98. The summed E-state index contributed by atoms with van der Waals surface area (Å²) in [7, 11) is 0. The molecular weight excluding hydrogens is 369 g/mol. The molecule has 1 amide bonds. The number of ether oxygens (including phenoxy) is 1. The summed E-state index contributed by atoms with van der Waals surface area (Å²) < 4.78 is 20.2. The number of hydrogen-bond donors (Lipinski definition) is 1. The van der Waals surface area contributed by atoms with Crippen LogP contribution < -0.4 is 10.1 Å². The molecule has 1 aliphatic rings. The zero-order valence-electron chi connectivity index (χ0n) is 16.4. The second kappa shape index (κ2) is 7.91. The normalized spacial score (nSPS) is 13.9. The molecule has 1 aromatic heterocycles. The number of amides is 1. The minimum absolute atomic E-state index is 0.0223. The first kappa shape index (κ1) is 18.9. The van der Waals surface area contributed by atoms with Crippen LogP contribution in [0.3, 0.4) is 0 Å². The van der Waals surface area contributed by atoms with Crippen molar-refractivity contribution in [1.82, 2.24) is 9.88 Å². The molecule has 0 fully saturated rings. The molecule has 1 N–H and O–H groups in total. The lowest BCUT2D eigenvalue weighted by atomic mass is 10.1. The number of carbonyl (C=O) groups excluding carboxylic acids is 1. The van der Waals surface area contributed by atoms with E-state index in [9.17, 15) is 9.18 Å². The van der Waals surface area contributed by atoms with Gasteiger partial charge in [0.2, 0.25) is 0 Å². The van der Waals surface area contributed by atoms with Crippen LogP contribution in [0.5, 0.6) is 11.5 Å². The van der Waals surface area contributed by atoms with Crippen LogP contribution >= 0.6 is 0 Å². The Labute approximate surface area is 169 Å². The lowest BCUT2D eigenvalue weighted by Gasteiger charge is -2.18. The first-order valence-corrected chi connectivity index (χ1v) is 9.63. The average Bonchev–Trinajstić information content (AvgIpc) is 3.07. The molecule has 1 aliphatic heterocycles. The van der Waals surface area contributed by atoms with Crippen LogP contribution in [0.25, 0.3) is 0 Å². The summed E-state index contributed by atoms with van der Waals surface area (Å²) in [5.74, 6) is 1.01. The number of rotatable bonds is 6. The average molecular weight is 391 g/mol. The van der Waals surface area contributed by atoms with Crippen LogP contribution in [-0.4, -0.2) is 22.3 Å². The number of halogens is 1. The number of hydrogen-bond acceptors (Lipinski definition) is 4. The van der Waals surface area contributed by atoms with Crippen molar-refractivity contribution in [1.29, 1.82) is 0 Å². The van der Waals surface area contributed by atoms with Gasteiger partial charge in [-0.3, -0.25) is 4.79 Å². The van der Waals surface area contributed by atoms with E-state index in [2.05, 4.69) is 10.3 Å². The molecule has 29 heavy (non-hydrogen) atoms. The Balaban J connectivity index is 1.52. The van der Waals surface area contributed by atoms with Crippen molar-refractivity contribution in [3.8, 4) is 11.5 Å². The van der Waals surface area contributed by atoms with Crippen molar-refractivity contribution in [2.75, 3.05) is 11.9 Å². The van der Waals surface area contributed by atoms with Crippen molar-refractivity contribution in [3.63, 3.8) is 0 Å². The third-order valence-electron chi connectivity index (χ3n) is 5.08. The van der Waals surface area contributed by atoms with E-state index in [-0.39, 0.29) is 17.7 Å². The first-order chi connectivity index (χ1) is 14.1. The van der Waals surface area contributed by atoms with Gasteiger partial charge in [-0.1, -0.05) is 24.3 Å². The molecule has 4 rings (SSSR count). The lowest BCUT2D eigenvalue weighted by Crippen LogP contribution is -2.22. The number of nitrogens with one attached hydrogen (secondary N) is 1. The highest BCUT2D eigenvalue weighted by molar-refractivity contribution is 5.99. The zero-order valence-corrected chi connectivity index (χ0v) is 16.4. The summed E-state index contributed by atoms with van der Waals surface area (Å²) in [6.07, 6.45) is 1.63. The van der Waals surface area contributed by atoms with Gasteiger partial charge < -0.3 is 15.0 Å². The number of benzene rings is 2. The van der Waals surface area contributed by atoms with Gasteiger partial charge >= 0.3 is 0 Å². The van der Waals surface area contributed by atoms with Crippen molar-refractivity contribution < 1.29 is 13.9 Å². The Morgan fingerprint density at radius 2 is 2.00 bits per heavy atom. The number of fused-ring (bicyclic) bond motifs is 1. The number of anilines is 1. The molecule has 0 saturated carbocycles. The van der Waals surface area contributed by atoms with Crippen LogP contribution in [0.15, 0.2) is 60.8 Å². The van der Waals surface area contributed by atoms with Crippen molar-refractivity contribution in [2.24, 2.45) is 0 Å². The fourth-order valence-electron chi connectivity index (χ4n) is 3.44. The standard InChI is InChI=1S/C23H22FN3O2/c1-3-27-14-19-18(23(27)28)11-12-25-22(19)26-15(2)16-9-10-21(20(24)13-16)29-17-7-5-4-6-8-17/h4-13,15H,3,14H2,1-2H3,(H,25,26)/t15-/m1/s1. The van der Waals surface area contributed by atoms with E-state index < -0.39 is 5.82 Å². The maximum atomic E-state index is 14.6. The van der Waals surface area contributed by atoms with Gasteiger partial charge in [0, 0.05) is 23.9 Å². The lowest BCUT2D eigenvalue weighted by molar-refractivity contribution is 0.0787. The maximum absolute atomic E-state index is 14.6. The van der Waals surface area contributed by atoms with Crippen LogP contribution in [0, 0.1) is 5.82 Å². The van der Waals surface area contributed by atoms with Crippen LogP contribution in [0.1, 0.15) is 41.4 Å². The molecule has 3 aromatic rings. The molecule has 0 radical (unpaired) electrons. The van der Waals surface area contributed by atoms with Gasteiger partial charge in [0.25, 0.3) is 5.91 Å². The molecule has 5 nitrogen and oxygen atoms in total. The summed E-state index contributed by atoms with van der Waals surface area (Å²) in [5, 5.41) is 3.32. The largest absolute Gasteiger partial charge is 0.454 e. The number of nitrogens with zero attached hydrogens (tertiary/aromatic N) is 2. The highest BCUT2D eigenvalue weighted by atomic mass is 19.1. The Morgan fingerprint density at radius 3 is 2.72 bits per heavy atom. The van der Waals surface area contributed by atoms with Gasteiger partial charge in [0.1, 0.15) is 11.6 Å². The van der Waals surface area contributed by atoms with Gasteiger partial charge in [0.05, 0.1) is 12.6 Å². The molecule has 0 aliphatic carbocycles. The summed E-state index contributed by atoms with van der Waals surface area (Å²) in [5.41, 5.74) is 2.32. The van der Waals surface area contributed by atoms with Crippen LogP contribution in [0.4, 0.5) is 10.2 Å². The minimum atomic E-state index is -0.432. The Kier molecular flexibility index (Phi) is 5.16.